The van der Waals surface area contributed by atoms with Gasteiger partial charge in [0.15, 0.2) is 6.10 Å². The molecule has 0 aliphatic rings. The summed E-state index contributed by atoms with van der Waals surface area (Å²) in [6.45, 7) is 3.50. The molecule has 27 heavy (non-hydrogen) atoms. The van der Waals surface area contributed by atoms with Crippen LogP contribution in [0.15, 0.2) is 54.6 Å². The van der Waals surface area contributed by atoms with E-state index in [9.17, 15) is 14.4 Å². The normalized spacial score (nSPS) is 11.2. The summed E-state index contributed by atoms with van der Waals surface area (Å²) in [6, 6.07) is 15.9. The number of amides is 2. The van der Waals surface area contributed by atoms with Gasteiger partial charge in [0.2, 0.25) is 0 Å². The fourth-order valence-corrected chi connectivity index (χ4v) is 2.15. The highest BCUT2D eigenvalue weighted by Crippen LogP contribution is 2.12. The van der Waals surface area contributed by atoms with Gasteiger partial charge in [-0.15, -0.1) is 0 Å². The number of hydrogen-bond acceptors (Lipinski definition) is 5. The number of hydrogen-bond donors (Lipinski definition) is 2. The number of esters is 1. The lowest BCUT2D eigenvalue weighted by Crippen LogP contribution is -2.46. The Hall–Kier alpha value is -3.35. The fraction of sp³-hybridized carbons (Fsp3) is 0.250. The van der Waals surface area contributed by atoms with Crippen LogP contribution in [0.1, 0.15) is 29.3 Å². The quantitative estimate of drug-likeness (QED) is 0.575. The molecule has 2 N–H and O–H groups in total. The number of benzene rings is 2. The minimum atomic E-state index is -1.05. The van der Waals surface area contributed by atoms with E-state index in [1.807, 2.05) is 25.1 Å². The summed E-state index contributed by atoms with van der Waals surface area (Å²) in [5, 5.41) is 0. The largest absolute Gasteiger partial charge is 0.493 e. The third-order valence-electron chi connectivity index (χ3n) is 3.58. The molecule has 0 saturated heterocycles. The lowest BCUT2D eigenvalue weighted by atomic mass is 10.2. The van der Waals surface area contributed by atoms with Gasteiger partial charge in [-0.1, -0.05) is 30.3 Å². The Labute approximate surface area is 157 Å². The molecular formula is C20H22N2O5. The molecule has 0 aromatic heterocycles. The molecule has 0 radical (unpaired) electrons. The zero-order valence-electron chi connectivity index (χ0n) is 15.2. The summed E-state index contributed by atoms with van der Waals surface area (Å²) in [5.74, 6) is -1.00. The van der Waals surface area contributed by atoms with Crippen molar-refractivity contribution in [3.05, 3.63) is 65.7 Å². The van der Waals surface area contributed by atoms with Crippen molar-refractivity contribution < 1.29 is 23.9 Å². The maximum atomic E-state index is 11.9. The summed E-state index contributed by atoms with van der Waals surface area (Å²) >= 11 is 0. The van der Waals surface area contributed by atoms with E-state index in [2.05, 4.69) is 10.9 Å². The summed E-state index contributed by atoms with van der Waals surface area (Å²) < 4.78 is 10.5. The Bertz CT molecular complexity index is 792. The van der Waals surface area contributed by atoms with Crippen LogP contribution in [-0.4, -0.2) is 30.5 Å². The minimum absolute atomic E-state index is 0.00192. The van der Waals surface area contributed by atoms with Crippen LogP contribution in [0.4, 0.5) is 0 Å². The van der Waals surface area contributed by atoms with Crippen molar-refractivity contribution in [1.29, 1.82) is 0 Å². The molecule has 2 amide bonds. The van der Waals surface area contributed by atoms with Gasteiger partial charge in [0, 0.05) is 5.56 Å². The van der Waals surface area contributed by atoms with Gasteiger partial charge in [0.05, 0.1) is 13.0 Å². The van der Waals surface area contributed by atoms with Crippen molar-refractivity contribution in [3.63, 3.8) is 0 Å². The number of ether oxygens (including phenoxy) is 2. The van der Waals surface area contributed by atoms with Crippen molar-refractivity contribution in [3.8, 4) is 5.75 Å². The fourth-order valence-electron chi connectivity index (χ4n) is 2.15. The van der Waals surface area contributed by atoms with Crippen LogP contribution in [0.3, 0.4) is 0 Å². The van der Waals surface area contributed by atoms with Crippen LogP contribution >= 0.6 is 0 Å². The molecule has 142 valence electrons. The maximum absolute atomic E-state index is 11.9. The zero-order chi connectivity index (χ0) is 19.6. The predicted molar refractivity (Wildman–Crippen MR) is 98.9 cm³/mol. The summed E-state index contributed by atoms with van der Waals surface area (Å²) in [4.78, 5) is 35.6. The molecule has 2 rings (SSSR count). The molecule has 0 bridgehead atoms. The summed E-state index contributed by atoms with van der Waals surface area (Å²) in [7, 11) is 0. The minimum Gasteiger partial charge on any atom is -0.493 e. The van der Waals surface area contributed by atoms with Crippen molar-refractivity contribution in [2.24, 2.45) is 0 Å². The third-order valence-corrected chi connectivity index (χ3v) is 3.58. The second-order valence-corrected chi connectivity index (χ2v) is 5.86. The number of rotatable bonds is 7. The van der Waals surface area contributed by atoms with Crippen LogP contribution in [0.5, 0.6) is 5.75 Å². The second-order valence-electron chi connectivity index (χ2n) is 5.86. The first-order valence-electron chi connectivity index (χ1n) is 8.50. The highest BCUT2D eigenvalue weighted by atomic mass is 16.6. The van der Waals surface area contributed by atoms with Gasteiger partial charge in [-0.05, 0) is 43.7 Å². The summed E-state index contributed by atoms with van der Waals surface area (Å²) in [5.41, 5.74) is 5.95. The average molecular weight is 370 g/mol. The van der Waals surface area contributed by atoms with Gasteiger partial charge in [-0.25, -0.2) is 0 Å². The van der Waals surface area contributed by atoms with E-state index in [-0.39, 0.29) is 13.0 Å². The highest BCUT2D eigenvalue weighted by Gasteiger charge is 2.18. The van der Waals surface area contributed by atoms with Gasteiger partial charge in [-0.2, -0.15) is 0 Å². The SMILES string of the molecule is Cc1cccc(OCCC(=O)O[C@@H](C)C(=O)NNC(=O)c2ccccc2)c1. The number of carbonyl (C=O) groups excluding carboxylic acids is 3. The van der Waals surface area contributed by atoms with Crippen molar-refractivity contribution in [1.82, 2.24) is 10.9 Å². The van der Waals surface area contributed by atoms with E-state index in [4.69, 9.17) is 9.47 Å². The molecule has 7 nitrogen and oxygen atoms in total. The van der Waals surface area contributed by atoms with E-state index in [1.54, 1.807) is 36.4 Å². The molecule has 7 heteroatoms. The average Bonchev–Trinajstić information content (AvgIpc) is 2.66. The Morgan fingerprint density at radius 2 is 1.74 bits per heavy atom. The Balaban J connectivity index is 1.68. The Kier molecular flexibility index (Phi) is 7.37. The first-order chi connectivity index (χ1) is 13.0. The predicted octanol–water partition coefficient (Wildman–Crippen LogP) is 2.16. The molecule has 0 saturated carbocycles. The van der Waals surface area contributed by atoms with E-state index in [0.717, 1.165) is 5.56 Å². The van der Waals surface area contributed by atoms with Crippen LogP contribution in [0, 0.1) is 6.92 Å². The lowest BCUT2D eigenvalue weighted by Gasteiger charge is -2.14. The molecule has 0 spiro atoms. The maximum Gasteiger partial charge on any atom is 0.310 e. The van der Waals surface area contributed by atoms with Crippen molar-refractivity contribution >= 4 is 17.8 Å². The van der Waals surface area contributed by atoms with E-state index < -0.39 is 23.9 Å². The highest BCUT2D eigenvalue weighted by molar-refractivity contribution is 5.95. The Morgan fingerprint density at radius 3 is 2.44 bits per heavy atom. The number of hydrazine groups is 1. The smallest absolute Gasteiger partial charge is 0.310 e. The van der Waals surface area contributed by atoms with Crippen LogP contribution in [0.25, 0.3) is 0 Å². The lowest BCUT2D eigenvalue weighted by molar-refractivity contribution is -0.155. The third kappa shape index (κ3) is 6.81. The van der Waals surface area contributed by atoms with Crippen molar-refractivity contribution in [2.75, 3.05) is 6.61 Å². The van der Waals surface area contributed by atoms with E-state index in [0.29, 0.717) is 11.3 Å². The first kappa shape index (κ1) is 20.0. The monoisotopic (exact) mass is 370 g/mol. The molecule has 0 aliphatic heterocycles. The number of nitrogens with one attached hydrogen (secondary N) is 2. The topological polar surface area (TPSA) is 93.7 Å². The molecule has 0 heterocycles. The second kappa shape index (κ2) is 9.96. The van der Waals surface area contributed by atoms with Crippen LogP contribution in [0.2, 0.25) is 0 Å². The van der Waals surface area contributed by atoms with E-state index >= 15 is 0 Å². The van der Waals surface area contributed by atoms with Gasteiger partial charge >= 0.3 is 5.97 Å². The van der Waals surface area contributed by atoms with E-state index in [1.165, 1.54) is 6.92 Å². The first-order valence-corrected chi connectivity index (χ1v) is 8.50. The van der Waals surface area contributed by atoms with Crippen LogP contribution in [-0.2, 0) is 14.3 Å². The molecule has 2 aromatic rings. The van der Waals surface area contributed by atoms with Gasteiger partial charge in [0.1, 0.15) is 5.75 Å². The number of aryl methyl sites for hydroxylation is 1. The molecule has 0 aliphatic carbocycles. The molecule has 1 atom stereocenters. The molecule has 0 fully saturated rings. The summed E-state index contributed by atoms with van der Waals surface area (Å²) in [6.07, 6.45) is -1.05. The standard InChI is InChI=1S/C20H22N2O5/c1-14-7-6-10-17(13-14)26-12-11-18(23)27-15(2)19(24)21-22-20(25)16-8-4-3-5-9-16/h3-10,13,15H,11-12H2,1-2H3,(H,21,24)(H,22,25)/t15-/m0/s1. The van der Waals surface area contributed by atoms with Gasteiger partial charge in [0.25, 0.3) is 11.8 Å². The van der Waals surface area contributed by atoms with Crippen LogP contribution < -0.4 is 15.6 Å². The van der Waals surface area contributed by atoms with Gasteiger partial charge in [-0.3, -0.25) is 25.2 Å². The molecule has 0 unspecified atom stereocenters. The Morgan fingerprint density at radius 1 is 1.00 bits per heavy atom. The number of carbonyl (C=O) groups is 3. The van der Waals surface area contributed by atoms with Crippen molar-refractivity contribution in [2.45, 2.75) is 26.4 Å². The zero-order valence-corrected chi connectivity index (χ0v) is 15.2. The molecular weight excluding hydrogens is 348 g/mol. The van der Waals surface area contributed by atoms with Gasteiger partial charge < -0.3 is 9.47 Å². The molecule has 2 aromatic carbocycles.